The number of allylic oxidation sites excluding steroid dienone is 10. The van der Waals surface area contributed by atoms with Gasteiger partial charge in [-0.2, -0.15) is 0 Å². The fraction of sp³-hybridized carbons (Fsp3) is 0.698. The number of phosphoric ester groups is 1. The van der Waals surface area contributed by atoms with E-state index in [2.05, 4.69) is 79.9 Å². The Morgan fingerprint density at radius 3 is 1.53 bits per heavy atom. The van der Waals surface area contributed by atoms with E-state index in [0.29, 0.717) is 12.8 Å². The number of carboxylic acids is 1. The minimum Gasteiger partial charge on any atom is -0.480 e. The van der Waals surface area contributed by atoms with Gasteiger partial charge in [0, 0.05) is 12.8 Å². The Labute approximate surface area is 332 Å². The van der Waals surface area contributed by atoms with Crippen LogP contribution in [0.1, 0.15) is 162 Å². The highest BCUT2D eigenvalue weighted by Gasteiger charge is 2.28. The van der Waals surface area contributed by atoms with E-state index in [1.807, 2.05) is 0 Å². The van der Waals surface area contributed by atoms with E-state index >= 15 is 0 Å². The molecule has 0 heterocycles. The van der Waals surface area contributed by atoms with Gasteiger partial charge in [0.1, 0.15) is 12.7 Å². The molecule has 4 N–H and O–H groups in total. The first-order chi connectivity index (χ1) is 26.6. The lowest BCUT2D eigenvalue weighted by Crippen LogP contribution is -2.43. The van der Waals surface area contributed by atoms with Gasteiger partial charge in [-0.25, -0.2) is 9.36 Å². The summed E-state index contributed by atoms with van der Waals surface area (Å²) in [5, 5.41) is 21.8. The van der Waals surface area contributed by atoms with Crippen molar-refractivity contribution in [3.63, 3.8) is 0 Å². The molecule has 0 rings (SSSR count). The van der Waals surface area contributed by atoms with Gasteiger partial charge >= 0.3 is 19.8 Å². The number of carboxylic acid groups (broad SMARTS) is 1. The molecule has 0 aromatic carbocycles. The Hall–Kier alpha value is -2.82. The molecule has 0 radical (unpaired) electrons. The highest BCUT2D eigenvalue weighted by atomic mass is 31.2. The van der Waals surface area contributed by atoms with E-state index in [4.69, 9.17) is 13.8 Å². The second-order valence-corrected chi connectivity index (χ2v) is 15.3. The number of aliphatic carboxylic acids is 1. The number of ether oxygens (including phenoxy) is 1. The van der Waals surface area contributed by atoms with E-state index in [9.17, 15) is 34.1 Å². The van der Waals surface area contributed by atoms with Crippen molar-refractivity contribution in [3.05, 3.63) is 60.8 Å². The number of amides is 1. The molecule has 55 heavy (non-hydrogen) atoms. The molecule has 0 aromatic rings. The van der Waals surface area contributed by atoms with Crippen LogP contribution < -0.4 is 5.32 Å². The normalized spacial score (nSPS) is 14.4. The molecule has 0 aromatic heterocycles. The highest BCUT2D eigenvalue weighted by molar-refractivity contribution is 7.47. The second kappa shape index (κ2) is 38.1. The van der Waals surface area contributed by atoms with Crippen LogP contribution in [0.3, 0.4) is 0 Å². The van der Waals surface area contributed by atoms with Gasteiger partial charge < -0.3 is 25.2 Å². The Bertz CT molecular complexity index is 1170. The van der Waals surface area contributed by atoms with Crippen molar-refractivity contribution in [2.75, 3.05) is 19.8 Å². The fourth-order valence-corrected chi connectivity index (χ4v) is 6.00. The van der Waals surface area contributed by atoms with Crippen LogP contribution in [0.2, 0.25) is 0 Å². The van der Waals surface area contributed by atoms with Crippen molar-refractivity contribution >= 4 is 25.7 Å². The number of aliphatic hydroxyl groups excluding tert-OH is 1. The van der Waals surface area contributed by atoms with E-state index < -0.39 is 57.6 Å². The first kappa shape index (κ1) is 52.2. The molecule has 0 aliphatic heterocycles. The monoisotopic (exact) mass is 796 g/mol. The predicted molar refractivity (Wildman–Crippen MR) is 222 cm³/mol. The first-order valence-electron chi connectivity index (χ1n) is 20.8. The number of aliphatic hydroxyl groups is 1. The molecule has 0 spiro atoms. The average Bonchev–Trinajstić information content (AvgIpc) is 3.16. The molecule has 1 amide bonds. The number of carbonyl (C=O) groups is 3. The van der Waals surface area contributed by atoms with E-state index in [1.54, 1.807) is 0 Å². The summed E-state index contributed by atoms with van der Waals surface area (Å²) in [6.45, 7) is 2.47. The zero-order chi connectivity index (χ0) is 40.7. The SMILES string of the molecule is CCCCC/C=C\C/C=C\C/C=C\C/C=C\CCCCCC(=O)OCC(O)COP(=O)(O)OCC(NC(=O)CCCCCCC/C=C\CCCCC)C(=O)O. The lowest BCUT2D eigenvalue weighted by Gasteiger charge is -2.18. The summed E-state index contributed by atoms with van der Waals surface area (Å²) in [5.74, 6) is -2.43. The zero-order valence-corrected chi connectivity index (χ0v) is 34.9. The summed E-state index contributed by atoms with van der Waals surface area (Å²) in [4.78, 5) is 45.8. The maximum absolute atomic E-state index is 12.2. The van der Waals surface area contributed by atoms with Gasteiger partial charge in [0.05, 0.1) is 13.2 Å². The van der Waals surface area contributed by atoms with Crippen LogP contribution in [0.15, 0.2) is 60.8 Å². The molecule has 3 unspecified atom stereocenters. The molecule has 0 fully saturated rings. The number of hydrogen-bond donors (Lipinski definition) is 4. The van der Waals surface area contributed by atoms with Crippen LogP contribution in [0.5, 0.6) is 0 Å². The third-order valence-corrected chi connectivity index (χ3v) is 9.48. The molecule has 0 aliphatic carbocycles. The summed E-state index contributed by atoms with van der Waals surface area (Å²) in [6.07, 6.45) is 42.5. The van der Waals surface area contributed by atoms with Crippen molar-refractivity contribution in [3.8, 4) is 0 Å². The Balaban J connectivity index is 3.99. The van der Waals surface area contributed by atoms with Gasteiger partial charge in [0.2, 0.25) is 5.91 Å². The van der Waals surface area contributed by atoms with Crippen LogP contribution in [0, 0.1) is 0 Å². The zero-order valence-electron chi connectivity index (χ0n) is 34.0. The first-order valence-corrected chi connectivity index (χ1v) is 22.3. The highest BCUT2D eigenvalue weighted by Crippen LogP contribution is 2.43. The average molecular weight is 796 g/mol. The van der Waals surface area contributed by atoms with Crippen LogP contribution in [0.4, 0.5) is 0 Å². The van der Waals surface area contributed by atoms with Gasteiger partial charge in [-0.3, -0.25) is 18.6 Å². The van der Waals surface area contributed by atoms with Crippen LogP contribution in [-0.2, 0) is 32.7 Å². The smallest absolute Gasteiger partial charge is 0.472 e. The number of phosphoric acid groups is 1. The van der Waals surface area contributed by atoms with Crippen LogP contribution in [0.25, 0.3) is 0 Å². The van der Waals surface area contributed by atoms with Gasteiger partial charge in [-0.05, 0) is 83.5 Å². The third-order valence-electron chi connectivity index (χ3n) is 8.53. The number of nitrogens with one attached hydrogen (secondary N) is 1. The molecule has 316 valence electrons. The van der Waals surface area contributed by atoms with E-state index in [-0.39, 0.29) is 12.8 Å². The van der Waals surface area contributed by atoms with Crippen molar-refractivity contribution in [2.45, 2.75) is 174 Å². The van der Waals surface area contributed by atoms with Gasteiger partial charge in [0.15, 0.2) is 6.04 Å². The summed E-state index contributed by atoms with van der Waals surface area (Å²) >= 11 is 0. The molecule has 0 bridgehead atoms. The molecule has 3 atom stereocenters. The number of rotatable bonds is 38. The van der Waals surface area contributed by atoms with Gasteiger partial charge in [-0.15, -0.1) is 0 Å². The second-order valence-electron chi connectivity index (χ2n) is 13.8. The minimum atomic E-state index is -4.76. The van der Waals surface area contributed by atoms with Crippen molar-refractivity contribution < 1.29 is 47.8 Å². The summed E-state index contributed by atoms with van der Waals surface area (Å²) in [5.41, 5.74) is 0. The lowest BCUT2D eigenvalue weighted by atomic mass is 10.1. The van der Waals surface area contributed by atoms with Crippen molar-refractivity contribution in [1.82, 2.24) is 5.32 Å². The Kier molecular flexibility index (Phi) is 36.1. The third kappa shape index (κ3) is 37.9. The molecular formula is C43H74NO10P. The molecular weight excluding hydrogens is 721 g/mol. The quantitative estimate of drug-likeness (QED) is 0.0204. The Morgan fingerprint density at radius 1 is 0.582 bits per heavy atom. The molecule has 0 saturated heterocycles. The molecule has 0 saturated carbocycles. The van der Waals surface area contributed by atoms with E-state index in [0.717, 1.165) is 77.0 Å². The number of carbonyl (C=O) groups excluding carboxylic acids is 2. The van der Waals surface area contributed by atoms with Crippen molar-refractivity contribution in [2.24, 2.45) is 0 Å². The minimum absolute atomic E-state index is 0.130. The predicted octanol–water partition coefficient (Wildman–Crippen LogP) is 10.4. The van der Waals surface area contributed by atoms with Crippen LogP contribution >= 0.6 is 7.82 Å². The van der Waals surface area contributed by atoms with Gasteiger partial charge in [0.25, 0.3) is 0 Å². The van der Waals surface area contributed by atoms with Crippen molar-refractivity contribution in [1.29, 1.82) is 0 Å². The number of esters is 1. The molecule has 0 aliphatic rings. The lowest BCUT2D eigenvalue weighted by molar-refractivity contribution is -0.147. The molecule has 11 nitrogen and oxygen atoms in total. The summed E-state index contributed by atoms with van der Waals surface area (Å²) in [6, 6.07) is -1.56. The standard InChI is InChI=1S/C43H74NO10P/c1-3-5-7-9-11-13-15-17-18-19-20-21-22-23-25-27-29-31-33-35-42(47)52-36-39(45)37-53-55(50,51)54-38-40(43(48)49)44-41(46)34-32-30-28-26-24-16-14-12-10-8-6-4-2/h11-14,17-18,20-21,23,25,39-40,45H,3-10,15-16,19,22,24,26-38H2,1-2H3,(H,44,46)(H,48,49)(H,50,51)/b13-11-,14-12-,18-17-,21-20-,25-23-. The molecule has 12 heteroatoms. The fourth-order valence-electron chi connectivity index (χ4n) is 5.23. The number of unbranched alkanes of at least 4 members (excludes halogenated alkanes) is 14. The Morgan fingerprint density at radius 2 is 1.00 bits per heavy atom. The van der Waals surface area contributed by atoms with Crippen LogP contribution in [-0.4, -0.2) is 64.9 Å². The topological polar surface area (TPSA) is 169 Å². The maximum Gasteiger partial charge on any atom is 0.472 e. The summed E-state index contributed by atoms with van der Waals surface area (Å²) < 4.78 is 26.7. The number of hydrogen-bond acceptors (Lipinski definition) is 8. The maximum atomic E-state index is 12.2. The van der Waals surface area contributed by atoms with Gasteiger partial charge in [-0.1, -0.05) is 126 Å². The summed E-state index contributed by atoms with van der Waals surface area (Å²) in [7, 11) is -4.76. The van der Waals surface area contributed by atoms with E-state index in [1.165, 1.54) is 44.9 Å². The largest absolute Gasteiger partial charge is 0.480 e.